The first-order chi connectivity index (χ1) is 12.4. The van der Waals surface area contributed by atoms with Gasteiger partial charge in [-0.05, 0) is 48.9 Å². The Balaban J connectivity index is 2.23. The average molecular weight is 345 g/mol. The van der Waals surface area contributed by atoms with Crippen molar-refractivity contribution in [1.29, 1.82) is 5.26 Å². The van der Waals surface area contributed by atoms with E-state index in [-0.39, 0.29) is 11.6 Å². The van der Waals surface area contributed by atoms with E-state index in [1.807, 2.05) is 38.1 Å². The van der Waals surface area contributed by atoms with Crippen molar-refractivity contribution < 1.29 is 5.11 Å². The summed E-state index contributed by atoms with van der Waals surface area (Å²) in [5, 5.41) is 19.1. The molecule has 0 saturated heterocycles. The summed E-state index contributed by atoms with van der Waals surface area (Å²) in [6.07, 6.45) is 1.73. The van der Waals surface area contributed by atoms with Crippen LogP contribution in [-0.2, 0) is 0 Å². The molecule has 2 aromatic heterocycles. The molecule has 0 saturated carbocycles. The van der Waals surface area contributed by atoms with Gasteiger partial charge < -0.3 is 15.7 Å². The first kappa shape index (κ1) is 17.2. The van der Waals surface area contributed by atoms with Gasteiger partial charge in [-0.2, -0.15) is 5.26 Å². The monoisotopic (exact) mass is 345 g/mol. The highest BCUT2D eigenvalue weighted by Gasteiger charge is 2.18. The predicted octanol–water partition coefficient (Wildman–Crippen LogP) is 3.34. The second-order valence-electron chi connectivity index (χ2n) is 6.18. The van der Waals surface area contributed by atoms with Gasteiger partial charge in [0.25, 0.3) is 0 Å². The number of phenols is 1. The van der Waals surface area contributed by atoms with Gasteiger partial charge in [0, 0.05) is 37.0 Å². The smallest absolute Gasteiger partial charge is 0.142 e. The lowest BCUT2D eigenvalue weighted by Gasteiger charge is -2.16. The molecule has 0 amide bonds. The number of phenolic OH excluding ortho intramolecular Hbond substituents is 1. The average Bonchev–Trinajstić information content (AvgIpc) is 2.64. The van der Waals surface area contributed by atoms with Crippen LogP contribution in [0.3, 0.4) is 0 Å². The molecular formula is C20H19N5O. The number of pyridine rings is 2. The zero-order chi connectivity index (χ0) is 18.8. The zero-order valence-electron chi connectivity index (χ0n) is 14.9. The van der Waals surface area contributed by atoms with Crippen molar-refractivity contribution in [2.75, 3.05) is 24.7 Å². The second-order valence-corrected chi connectivity index (χ2v) is 6.18. The Hall–Kier alpha value is -3.59. The number of nitrogens with two attached hydrogens (primary N) is 1. The Morgan fingerprint density at radius 2 is 1.73 bits per heavy atom. The third kappa shape index (κ3) is 3.03. The van der Waals surface area contributed by atoms with E-state index in [4.69, 9.17) is 5.73 Å². The van der Waals surface area contributed by atoms with Gasteiger partial charge in [-0.25, -0.2) is 9.97 Å². The van der Waals surface area contributed by atoms with Gasteiger partial charge in [0.2, 0.25) is 0 Å². The molecule has 6 heteroatoms. The lowest BCUT2D eigenvalue weighted by atomic mass is 9.93. The van der Waals surface area contributed by atoms with Crippen molar-refractivity contribution in [2.24, 2.45) is 0 Å². The maximum atomic E-state index is 9.59. The van der Waals surface area contributed by atoms with Crippen LogP contribution in [0.5, 0.6) is 5.75 Å². The Bertz CT molecular complexity index is 987. The molecule has 0 aliphatic carbocycles. The summed E-state index contributed by atoms with van der Waals surface area (Å²) < 4.78 is 0. The van der Waals surface area contributed by atoms with E-state index in [1.165, 1.54) is 0 Å². The molecule has 3 rings (SSSR count). The van der Waals surface area contributed by atoms with Crippen molar-refractivity contribution in [2.45, 2.75) is 6.92 Å². The number of anilines is 2. The van der Waals surface area contributed by atoms with Crippen molar-refractivity contribution >= 4 is 11.6 Å². The van der Waals surface area contributed by atoms with Crippen molar-refractivity contribution in [3.05, 3.63) is 53.7 Å². The third-order valence-corrected chi connectivity index (χ3v) is 4.22. The molecule has 0 bridgehead atoms. The summed E-state index contributed by atoms with van der Waals surface area (Å²) in [6, 6.07) is 12.7. The molecule has 6 nitrogen and oxygen atoms in total. The number of aromatic nitrogens is 2. The number of hydrogen-bond donors (Lipinski definition) is 2. The number of nitriles is 1. The van der Waals surface area contributed by atoms with E-state index in [9.17, 15) is 10.4 Å². The van der Waals surface area contributed by atoms with Gasteiger partial charge in [-0.1, -0.05) is 0 Å². The van der Waals surface area contributed by atoms with E-state index in [1.54, 1.807) is 30.5 Å². The largest absolute Gasteiger partial charge is 0.508 e. The minimum Gasteiger partial charge on any atom is -0.508 e. The van der Waals surface area contributed by atoms with Crippen LogP contribution < -0.4 is 10.6 Å². The zero-order valence-corrected chi connectivity index (χ0v) is 14.9. The standard InChI is InChI=1S/C20H19N5O/c1-12-18(14-6-9-17(23-11-14)25(2)3)16(10-21)20(22)24-19(12)13-4-7-15(26)8-5-13/h4-9,11,26H,1-3H3,(H2,22,24). The molecule has 0 atom stereocenters. The van der Waals surface area contributed by atoms with Crippen molar-refractivity contribution in [3.63, 3.8) is 0 Å². The second kappa shape index (κ2) is 6.73. The molecule has 2 heterocycles. The fourth-order valence-electron chi connectivity index (χ4n) is 2.87. The summed E-state index contributed by atoms with van der Waals surface area (Å²) in [6.45, 7) is 1.91. The van der Waals surface area contributed by atoms with Gasteiger partial charge in [0.1, 0.15) is 29.0 Å². The highest BCUT2D eigenvalue weighted by molar-refractivity contribution is 5.84. The van der Waals surface area contributed by atoms with Gasteiger partial charge in [-0.15, -0.1) is 0 Å². The molecule has 26 heavy (non-hydrogen) atoms. The first-order valence-corrected chi connectivity index (χ1v) is 8.05. The Morgan fingerprint density at radius 1 is 1.08 bits per heavy atom. The number of nitrogens with zero attached hydrogens (tertiary/aromatic N) is 4. The van der Waals surface area contributed by atoms with Crippen LogP contribution in [0.15, 0.2) is 42.6 Å². The van der Waals surface area contributed by atoms with Crippen LogP contribution in [0.4, 0.5) is 11.6 Å². The van der Waals surface area contributed by atoms with E-state index in [0.29, 0.717) is 11.3 Å². The summed E-state index contributed by atoms with van der Waals surface area (Å²) in [5.74, 6) is 1.18. The van der Waals surface area contributed by atoms with Crippen molar-refractivity contribution in [3.8, 4) is 34.2 Å². The van der Waals surface area contributed by atoms with Crippen LogP contribution in [0.2, 0.25) is 0 Å². The Kier molecular flexibility index (Phi) is 4.46. The third-order valence-electron chi connectivity index (χ3n) is 4.22. The van der Waals surface area contributed by atoms with E-state index >= 15 is 0 Å². The van der Waals surface area contributed by atoms with Crippen LogP contribution in [0.1, 0.15) is 11.1 Å². The Labute approximate surface area is 152 Å². The lowest BCUT2D eigenvalue weighted by Crippen LogP contribution is -2.10. The van der Waals surface area contributed by atoms with Gasteiger partial charge in [-0.3, -0.25) is 0 Å². The minimum atomic E-state index is 0.174. The molecular weight excluding hydrogens is 326 g/mol. The summed E-state index contributed by atoms with van der Waals surface area (Å²) >= 11 is 0. The highest BCUT2D eigenvalue weighted by atomic mass is 16.3. The molecule has 0 aliphatic heterocycles. The number of aromatic hydroxyl groups is 1. The highest BCUT2D eigenvalue weighted by Crippen LogP contribution is 2.36. The molecule has 0 spiro atoms. The summed E-state index contributed by atoms with van der Waals surface area (Å²) in [5.41, 5.74) is 10.3. The molecule has 0 aliphatic rings. The number of hydrogen-bond acceptors (Lipinski definition) is 6. The quantitative estimate of drug-likeness (QED) is 0.755. The number of rotatable bonds is 3. The molecule has 0 unspecified atom stereocenters. The molecule has 0 fully saturated rings. The SMILES string of the molecule is Cc1c(-c2ccc(O)cc2)nc(N)c(C#N)c1-c1ccc(N(C)C)nc1. The maximum absolute atomic E-state index is 9.59. The molecule has 3 N–H and O–H groups in total. The molecule has 1 aromatic carbocycles. The molecule has 130 valence electrons. The van der Waals surface area contributed by atoms with Crippen LogP contribution in [0.25, 0.3) is 22.4 Å². The predicted molar refractivity (Wildman–Crippen MR) is 103 cm³/mol. The first-order valence-electron chi connectivity index (χ1n) is 8.05. The summed E-state index contributed by atoms with van der Waals surface area (Å²) in [4.78, 5) is 10.8. The molecule has 0 radical (unpaired) electrons. The fraction of sp³-hybridized carbons (Fsp3) is 0.150. The number of nitrogen functional groups attached to an aromatic ring is 1. The minimum absolute atomic E-state index is 0.174. The lowest BCUT2D eigenvalue weighted by molar-refractivity contribution is 0.475. The number of benzene rings is 1. The van der Waals surface area contributed by atoms with E-state index < -0.39 is 0 Å². The van der Waals surface area contributed by atoms with Crippen LogP contribution in [-0.4, -0.2) is 29.2 Å². The van der Waals surface area contributed by atoms with Crippen LogP contribution in [0, 0.1) is 18.3 Å². The van der Waals surface area contributed by atoms with Crippen LogP contribution >= 0.6 is 0 Å². The van der Waals surface area contributed by atoms with Gasteiger partial charge in [0.05, 0.1) is 5.69 Å². The van der Waals surface area contributed by atoms with Crippen molar-refractivity contribution in [1.82, 2.24) is 9.97 Å². The summed E-state index contributed by atoms with van der Waals surface area (Å²) in [7, 11) is 3.84. The van der Waals surface area contributed by atoms with E-state index in [0.717, 1.165) is 28.1 Å². The van der Waals surface area contributed by atoms with Gasteiger partial charge >= 0.3 is 0 Å². The Morgan fingerprint density at radius 3 is 2.27 bits per heavy atom. The molecule has 3 aromatic rings. The normalized spacial score (nSPS) is 10.4. The van der Waals surface area contributed by atoms with E-state index in [2.05, 4.69) is 16.0 Å². The maximum Gasteiger partial charge on any atom is 0.142 e. The fourth-order valence-corrected chi connectivity index (χ4v) is 2.87. The van der Waals surface area contributed by atoms with Gasteiger partial charge in [0.15, 0.2) is 0 Å². The topological polar surface area (TPSA) is 99.1 Å².